The molecule has 2 nitrogen and oxygen atoms in total. The van der Waals surface area contributed by atoms with Crippen molar-refractivity contribution >= 4 is 28.6 Å². The maximum absolute atomic E-state index is 10.7. The second kappa shape index (κ2) is 7.20. The Hall–Kier alpha value is -0.670. The van der Waals surface area contributed by atoms with Crippen molar-refractivity contribution in [1.29, 1.82) is 0 Å². The highest BCUT2D eigenvalue weighted by atomic mass is 35.5. The summed E-state index contributed by atoms with van der Waals surface area (Å²) in [6, 6.07) is 4.05. The summed E-state index contributed by atoms with van der Waals surface area (Å²) in [5.41, 5.74) is 3.08. The monoisotopic (exact) mass is 300 g/mol. The summed E-state index contributed by atoms with van der Waals surface area (Å²) in [6.45, 7) is 8.27. The number of thioether (sulfide) groups is 1. The number of phenols is 1. The standard InChI is InChI=1S/C15H21ClO2S/c1-9(2)12-5-11(7-19-8-14(16)17)6-13(10(3)4)15(12)18/h5-6,9-10,18H,7-8H2,1-4H3. The molecule has 0 aliphatic rings. The van der Waals surface area contributed by atoms with Crippen molar-refractivity contribution in [2.75, 3.05) is 5.75 Å². The Bertz CT molecular complexity index is 426. The summed E-state index contributed by atoms with van der Waals surface area (Å²) < 4.78 is 0. The molecule has 19 heavy (non-hydrogen) atoms. The van der Waals surface area contributed by atoms with E-state index in [9.17, 15) is 9.90 Å². The van der Waals surface area contributed by atoms with Gasteiger partial charge in [-0.15, -0.1) is 11.8 Å². The molecule has 1 rings (SSSR count). The minimum absolute atomic E-state index is 0.275. The number of carbonyl (C=O) groups is 1. The third-order valence-electron chi connectivity index (χ3n) is 2.96. The topological polar surface area (TPSA) is 37.3 Å². The van der Waals surface area contributed by atoms with E-state index in [4.69, 9.17) is 11.6 Å². The van der Waals surface area contributed by atoms with Crippen LogP contribution < -0.4 is 0 Å². The summed E-state index contributed by atoms with van der Waals surface area (Å²) in [6.07, 6.45) is 0. The Morgan fingerprint density at radius 3 is 2.05 bits per heavy atom. The SMILES string of the molecule is CC(C)c1cc(CSCC(=O)Cl)cc(C(C)C)c1O. The van der Waals surface area contributed by atoms with Crippen LogP contribution in [0.25, 0.3) is 0 Å². The zero-order valence-electron chi connectivity index (χ0n) is 11.9. The lowest BCUT2D eigenvalue weighted by molar-refractivity contribution is -0.109. The number of hydrogen-bond donors (Lipinski definition) is 1. The molecule has 0 aromatic heterocycles. The van der Waals surface area contributed by atoms with Crippen LogP contribution in [0.3, 0.4) is 0 Å². The van der Waals surface area contributed by atoms with Crippen molar-refractivity contribution in [3.05, 3.63) is 28.8 Å². The summed E-state index contributed by atoms with van der Waals surface area (Å²) in [5, 5.41) is 9.96. The predicted octanol–water partition coefficient (Wildman–Crippen LogP) is 4.64. The first-order valence-corrected chi connectivity index (χ1v) is 7.98. The molecule has 0 unspecified atom stereocenters. The van der Waals surface area contributed by atoms with E-state index in [0.29, 0.717) is 11.5 Å². The number of phenolic OH excluding ortho intramolecular Hbond substituents is 1. The van der Waals surface area contributed by atoms with Gasteiger partial charge in [-0.2, -0.15) is 0 Å². The molecule has 0 saturated heterocycles. The third-order valence-corrected chi connectivity index (χ3v) is 4.25. The Labute approximate surface area is 124 Å². The van der Waals surface area contributed by atoms with Gasteiger partial charge in [0.15, 0.2) is 0 Å². The van der Waals surface area contributed by atoms with Gasteiger partial charge < -0.3 is 5.11 Å². The quantitative estimate of drug-likeness (QED) is 0.778. The van der Waals surface area contributed by atoms with Gasteiger partial charge in [-0.25, -0.2) is 0 Å². The van der Waals surface area contributed by atoms with E-state index in [0.717, 1.165) is 22.4 Å². The molecule has 0 amide bonds. The van der Waals surface area contributed by atoms with Crippen molar-refractivity contribution < 1.29 is 9.90 Å². The number of hydrogen-bond acceptors (Lipinski definition) is 3. The minimum atomic E-state index is -0.322. The third kappa shape index (κ3) is 4.73. The second-order valence-corrected chi connectivity index (χ2v) is 6.69. The van der Waals surface area contributed by atoms with Crippen LogP contribution in [-0.2, 0) is 10.5 Å². The number of halogens is 1. The molecule has 4 heteroatoms. The van der Waals surface area contributed by atoms with E-state index in [1.165, 1.54) is 11.8 Å². The smallest absolute Gasteiger partial charge is 0.231 e. The van der Waals surface area contributed by atoms with Gasteiger partial charge in [0.2, 0.25) is 5.24 Å². The molecule has 0 atom stereocenters. The highest BCUT2D eigenvalue weighted by Crippen LogP contribution is 2.35. The van der Waals surface area contributed by atoms with Gasteiger partial charge in [0.1, 0.15) is 5.75 Å². The van der Waals surface area contributed by atoms with Crippen LogP contribution in [0.15, 0.2) is 12.1 Å². The normalized spacial score (nSPS) is 11.3. The van der Waals surface area contributed by atoms with Crippen LogP contribution in [-0.4, -0.2) is 16.1 Å². The van der Waals surface area contributed by atoms with Gasteiger partial charge in [0, 0.05) is 5.75 Å². The van der Waals surface area contributed by atoms with Gasteiger partial charge >= 0.3 is 0 Å². The number of rotatable bonds is 6. The summed E-state index contributed by atoms with van der Waals surface area (Å²) >= 11 is 6.83. The minimum Gasteiger partial charge on any atom is -0.507 e. The van der Waals surface area contributed by atoms with E-state index >= 15 is 0 Å². The van der Waals surface area contributed by atoms with Crippen molar-refractivity contribution in [2.45, 2.75) is 45.3 Å². The van der Waals surface area contributed by atoms with Gasteiger partial charge in [-0.1, -0.05) is 39.8 Å². The Morgan fingerprint density at radius 2 is 1.68 bits per heavy atom. The van der Waals surface area contributed by atoms with Gasteiger partial charge in [-0.05, 0) is 40.1 Å². The lowest BCUT2D eigenvalue weighted by atomic mass is 9.92. The highest BCUT2D eigenvalue weighted by molar-refractivity contribution is 7.99. The van der Waals surface area contributed by atoms with Crippen LogP contribution in [0.2, 0.25) is 0 Å². The van der Waals surface area contributed by atoms with Crippen molar-refractivity contribution in [3.8, 4) is 5.75 Å². The molecule has 0 saturated carbocycles. The van der Waals surface area contributed by atoms with Gasteiger partial charge in [0.25, 0.3) is 0 Å². The van der Waals surface area contributed by atoms with E-state index in [1.54, 1.807) is 0 Å². The van der Waals surface area contributed by atoms with E-state index in [-0.39, 0.29) is 17.1 Å². The zero-order chi connectivity index (χ0) is 14.6. The molecule has 0 heterocycles. The van der Waals surface area contributed by atoms with Gasteiger partial charge in [0.05, 0.1) is 5.75 Å². The second-order valence-electron chi connectivity index (χ2n) is 5.28. The predicted molar refractivity (Wildman–Crippen MR) is 83.3 cm³/mol. The first kappa shape index (κ1) is 16.4. The van der Waals surface area contributed by atoms with Crippen LogP contribution in [0, 0.1) is 0 Å². The fourth-order valence-corrected chi connectivity index (χ4v) is 2.85. The lowest BCUT2D eigenvalue weighted by Gasteiger charge is -2.17. The Balaban J connectivity index is 3.01. The van der Waals surface area contributed by atoms with Gasteiger partial charge in [-0.3, -0.25) is 4.79 Å². The van der Waals surface area contributed by atoms with E-state index in [1.807, 2.05) is 12.1 Å². The Kier molecular flexibility index (Phi) is 6.21. The van der Waals surface area contributed by atoms with E-state index < -0.39 is 0 Å². The highest BCUT2D eigenvalue weighted by Gasteiger charge is 2.15. The average Bonchev–Trinajstić information content (AvgIpc) is 2.29. The zero-order valence-corrected chi connectivity index (χ0v) is 13.4. The molecule has 0 aliphatic heterocycles. The van der Waals surface area contributed by atoms with Crippen LogP contribution in [0.5, 0.6) is 5.75 Å². The molecule has 0 bridgehead atoms. The lowest BCUT2D eigenvalue weighted by Crippen LogP contribution is -1.99. The van der Waals surface area contributed by atoms with E-state index in [2.05, 4.69) is 27.7 Å². The first-order valence-electron chi connectivity index (χ1n) is 6.44. The Morgan fingerprint density at radius 1 is 1.21 bits per heavy atom. The number of carbonyl (C=O) groups excluding carboxylic acids is 1. The van der Waals surface area contributed by atoms with Crippen LogP contribution in [0.1, 0.15) is 56.2 Å². The molecule has 0 aliphatic carbocycles. The largest absolute Gasteiger partial charge is 0.507 e. The molecule has 0 spiro atoms. The van der Waals surface area contributed by atoms with Crippen molar-refractivity contribution in [2.24, 2.45) is 0 Å². The summed E-state index contributed by atoms with van der Waals surface area (Å²) in [4.78, 5) is 10.7. The number of benzene rings is 1. The fourth-order valence-electron chi connectivity index (χ4n) is 1.96. The van der Waals surface area contributed by atoms with Crippen LogP contribution in [0.4, 0.5) is 0 Å². The molecule has 0 radical (unpaired) electrons. The van der Waals surface area contributed by atoms with Crippen molar-refractivity contribution in [3.63, 3.8) is 0 Å². The molecular weight excluding hydrogens is 280 g/mol. The summed E-state index contributed by atoms with van der Waals surface area (Å²) in [7, 11) is 0. The molecule has 0 fully saturated rings. The molecule has 106 valence electrons. The first-order chi connectivity index (χ1) is 8.82. The van der Waals surface area contributed by atoms with Crippen molar-refractivity contribution in [1.82, 2.24) is 0 Å². The summed E-state index contributed by atoms with van der Waals surface area (Å²) in [5.74, 6) is 2.01. The fraction of sp³-hybridized carbons (Fsp3) is 0.533. The maximum atomic E-state index is 10.7. The maximum Gasteiger partial charge on any atom is 0.231 e. The molecular formula is C15H21ClO2S. The molecule has 1 aromatic rings. The molecule has 1 aromatic carbocycles. The number of aromatic hydroxyl groups is 1. The molecule has 1 N–H and O–H groups in total. The van der Waals surface area contributed by atoms with Crippen LogP contribution >= 0.6 is 23.4 Å². The average molecular weight is 301 g/mol.